The molecule has 2 rings (SSSR count). The number of carbonyl (C=O) groups excluding carboxylic acids is 1. The smallest absolute Gasteiger partial charge is 0.267 e. The Morgan fingerprint density at radius 1 is 1.38 bits per heavy atom. The Morgan fingerprint density at radius 2 is 2.10 bits per heavy atom. The lowest BCUT2D eigenvalue weighted by Crippen LogP contribution is -2.32. The van der Waals surface area contributed by atoms with E-state index in [1.807, 2.05) is 31.4 Å². The molecule has 5 nitrogen and oxygen atoms in total. The van der Waals surface area contributed by atoms with Gasteiger partial charge in [-0.3, -0.25) is 10.1 Å². The highest BCUT2D eigenvalue weighted by molar-refractivity contribution is 7.13. The topological polar surface area (TPSA) is 60.5 Å². The molecule has 0 aliphatic heterocycles. The van der Waals surface area contributed by atoms with Crippen LogP contribution >= 0.6 is 11.3 Å². The standard InChI is InChI=1S/C15H18N2O3S/c1-4-11(14(18)17-15-16-10(2)9-21-15)20-13-8-6-5-7-12(13)19-3/h5-9,11H,4H2,1-3H3,(H,16,17,18)/t11-/m1/s1. The van der Waals surface area contributed by atoms with Crippen molar-refractivity contribution in [3.05, 3.63) is 35.3 Å². The SMILES string of the molecule is CC[C@@H](Oc1ccccc1OC)C(=O)Nc1nc(C)cs1. The van der Waals surface area contributed by atoms with E-state index in [4.69, 9.17) is 9.47 Å². The minimum absolute atomic E-state index is 0.210. The van der Waals surface area contributed by atoms with Crippen molar-refractivity contribution in [2.24, 2.45) is 0 Å². The predicted octanol–water partition coefficient (Wildman–Crippen LogP) is 3.26. The van der Waals surface area contributed by atoms with Gasteiger partial charge in [0.1, 0.15) is 0 Å². The zero-order valence-electron chi connectivity index (χ0n) is 12.3. The van der Waals surface area contributed by atoms with Crippen LogP contribution in [0.5, 0.6) is 11.5 Å². The first-order chi connectivity index (χ1) is 10.1. The lowest BCUT2D eigenvalue weighted by molar-refractivity contribution is -0.122. The molecule has 6 heteroatoms. The van der Waals surface area contributed by atoms with Crippen LogP contribution in [0.3, 0.4) is 0 Å². The average molecular weight is 306 g/mol. The molecule has 0 saturated heterocycles. The van der Waals surface area contributed by atoms with E-state index >= 15 is 0 Å². The van der Waals surface area contributed by atoms with Crippen LogP contribution in [-0.2, 0) is 4.79 Å². The summed E-state index contributed by atoms with van der Waals surface area (Å²) in [6.45, 7) is 3.78. The molecule has 0 aliphatic carbocycles. The average Bonchev–Trinajstić information content (AvgIpc) is 2.90. The number of aryl methyl sites for hydroxylation is 1. The number of hydrogen-bond donors (Lipinski definition) is 1. The number of thiazole rings is 1. The number of carbonyl (C=O) groups is 1. The maximum absolute atomic E-state index is 12.2. The summed E-state index contributed by atoms with van der Waals surface area (Å²) in [6.07, 6.45) is -0.0423. The first kappa shape index (κ1) is 15.3. The molecule has 112 valence electrons. The fourth-order valence-electron chi connectivity index (χ4n) is 1.79. The van der Waals surface area contributed by atoms with Crippen LogP contribution in [-0.4, -0.2) is 24.1 Å². The number of aromatic nitrogens is 1. The van der Waals surface area contributed by atoms with Crippen molar-refractivity contribution in [1.82, 2.24) is 4.98 Å². The molecular weight excluding hydrogens is 288 g/mol. The van der Waals surface area contributed by atoms with Crippen molar-refractivity contribution in [2.45, 2.75) is 26.4 Å². The first-order valence-electron chi connectivity index (χ1n) is 6.66. The van der Waals surface area contributed by atoms with Crippen LogP contribution in [0.15, 0.2) is 29.6 Å². The number of anilines is 1. The molecule has 1 aromatic heterocycles. The van der Waals surface area contributed by atoms with Gasteiger partial charge < -0.3 is 9.47 Å². The molecule has 0 saturated carbocycles. The Morgan fingerprint density at radius 3 is 2.67 bits per heavy atom. The number of ether oxygens (including phenoxy) is 2. The summed E-state index contributed by atoms with van der Waals surface area (Å²) in [5, 5.41) is 5.24. The maximum atomic E-state index is 12.2. The van der Waals surface area contributed by atoms with Crippen LogP contribution in [0.4, 0.5) is 5.13 Å². The van der Waals surface area contributed by atoms with Gasteiger partial charge in [0, 0.05) is 5.38 Å². The Bertz CT molecular complexity index is 612. The molecule has 2 aromatic rings. The fraction of sp³-hybridized carbons (Fsp3) is 0.333. The summed E-state index contributed by atoms with van der Waals surface area (Å²) in [5.41, 5.74) is 0.883. The number of rotatable bonds is 6. The molecule has 1 aromatic carbocycles. The third-order valence-corrected chi connectivity index (χ3v) is 3.73. The lowest BCUT2D eigenvalue weighted by atomic mass is 10.2. The summed E-state index contributed by atoms with van der Waals surface area (Å²) < 4.78 is 11.0. The summed E-state index contributed by atoms with van der Waals surface area (Å²) in [5.74, 6) is 0.948. The molecule has 0 aliphatic rings. The zero-order chi connectivity index (χ0) is 15.2. The van der Waals surface area contributed by atoms with Crippen LogP contribution < -0.4 is 14.8 Å². The highest BCUT2D eigenvalue weighted by Gasteiger charge is 2.20. The number of hydrogen-bond acceptors (Lipinski definition) is 5. The molecule has 1 heterocycles. The normalized spacial score (nSPS) is 11.8. The Kier molecular flexibility index (Phi) is 5.16. The Labute approximate surface area is 127 Å². The molecule has 0 spiro atoms. The maximum Gasteiger partial charge on any atom is 0.267 e. The van der Waals surface area contributed by atoms with E-state index in [1.165, 1.54) is 11.3 Å². The second-order valence-electron chi connectivity index (χ2n) is 4.45. The van der Waals surface area contributed by atoms with E-state index in [-0.39, 0.29) is 5.91 Å². The van der Waals surface area contributed by atoms with Crippen molar-refractivity contribution in [2.75, 3.05) is 12.4 Å². The van der Waals surface area contributed by atoms with Gasteiger partial charge in [-0.2, -0.15) is 0 Å². The number of para-hydroxylation sites is 2. The molecule has 1 amide bonds. The number of benzene rings is 1. The lowest BCUT2D eigenvalue weighted by Gasteiger charge is -2.18. The highest BCUT2D eigenvalue weighted by Crippen LogP contribution is 2.27. The zero-order valence-corrected chi connectivity index (χ0v) is 13.1. The number of nitrogens with zero attached hydrogens (tertiary/aromatic N) is 1. The van der Waals surface area contributed by atoms with Crippen molar-refractivity contribution in [3.63, 3.8) is 0 Å². The number of nitrogens with one attached hydrogen (secondary N) is 1. The van der Waals surface area contributed by atoms with Crippen LogP contribution in [0.1, 0.15) is 19.0 Å². The third kappa shape index (κ3) is 3.95. The van der Waals surface area contributed by atoms with E-state index < -0.39 is 6.10 Å². The van der Waals surface area contributed by atoms with E-state index in [2.05, 4.69) is 10.3 Å². The summed E-state index contributed by atoms with van der Waals surface area (Å²) in [7, 11) is 1.57. The van der Waals surface area contributed by atoms with E-state index in [9.17, 15) is 4.79 Å². The minimum Gasteiger partial charge on any atom is -0.493 e. The minimum atomic E-state index is -0.592. The largest absolute Gasteiger partial charge is 0.493 e. The van der Waals surface area contributed by atoms with Crippen LogP contribution in [0.25, 0.3) is 0 Å². The van der Waals surface area contributed by atoms with E-state index in [0.717, 1.165) is 5.69 Å². The van der Waals surface area contributed by atoms with Crippen LogP contribution in [0.2, 0.25) is 0 Å². The summed E-state index contributed by atoms with van der Waals surface area (Å²) >= 11 is 1.40. The molecule has 0 fully saturated rings. The molecule has 0 bridgehead atoms. The molecule has 0 radical (unpaired) electrons. The Balaban J connectivity index is 2.06. The summed E-state index contributed by atoms with van der Waals surface area (Å²) in [4.78, 5) is 16.5. The molecule has 1 N–H and O–H groups in total. The molecule has 0 unspecified atom stereocenters. The first-order valence-corrected chi connectivity index (χ1v) is 7.54. The Hall–Kier alpha value is -2.08. The number of methoxy groups -OCH3 is 1. The van der Waals surface area contributed by atoms with Gasteiger partial charge in [0.05, 0.1) is 12.8 Å². The van der Waals surface area contributed by atoms with Gasteiger partial charge in [0.15, 0.2) is 22.7 Å². The molecule has 1 atom stereocenters. The second-order valence-corrected chi connectivity index (χ2v) is 5.31. The fourth-order valence-corrected chi connectivity index (χ4v) is 2.48. The van der Waals surface area contributed by atoms with Crippen LogP contribution in [0, 0.1) is 6.92 Å². The van der Waals surface area contributed by atoms with Gasteiger partial charge in [0.25, 0.3) is 5.91 Å². The van der Waals surface area contributed by atoms with E-state index in [1.54, 1.807) is 19.2 Å². The van der Waals surface area contributed by atoms with Gasteiger partial charge in [-0.1, -0.05) is 19.1 Å². The van der Waals surface area contributed by atoms with Crippen molar-refractivity contribution >= 4 is 22.4 Å². The third-order valence-electron chi connectivity index (χ3n) is 2.85. The van der Waals surface area contributed by atoms with Crippen molar-refractivity contribution < 1.29 is 14.3 Å². The van der Waals surface area contributed by atoms with Gasteiger partial charge >= 0.3 is 0 Å². The predicted molar refractivity (Wildman–Crippen MR) is 83.2 cm³/mol. The van der Waals surface area contributed by atoms with E-state index in [0.29, 0.717) is 23.1 Å². The van der Waals surface area contributed by atoms with Gasteiger partial charge in [0.2, 0.25) is 0 Å². The summed E-state index contributed by atoms with van der Waals surface area (Å²) in [6, 6.07) is 7.27. The van der Waals surface area contributed by atoms with Gasteiger partial charge in [-0.25, -0.2) is 4.98 Å². The van der Waals surface area contributed by atoms with Crippen molar-refractivity contribution in [1.29, 1.82) is 0 Å². The highest BCUT2D eigenvalue weighted by atomic mass is 32.1. The monoisotopic (exact) mass is 306 g/mol. The number of amides is 1. The van der Waals surface area contributed by atoms with Crippen molar-refractivity contribution in [3.8, 4) is 11.5 Å². The van der Waals surface area contributed by atoms with Gasteiger partial charge in [-0.15, -0.1) is 11.3 Å². The second kappa shape index (κ2) is 7.08. The molecule has 21 heavy (non-hydrogen) atoms. The quantitative estimate of drug-likeness (QED) is 0.890. The van der Waals surface area contributed by atoms with Gasteiger partial charge in [-0.05, 0) is 25.5 Å². The molecular formula is C15H18N2O3S.